The average molecular weight is 276 g/mol. The number of rotatable bonds is 5. The molecule has 1 aliphatic carbocycles. The van der Waals surface area contributed by atoms with Crippen LogP contribution in [0.1, 0.15) is 43.2 Å². The topological polar surface area (TPSA) is 79.3 Å². The van der Waals surface area contributed by atoms with Gasteiger partial charge in [-0.1, -0.05) is 12.8 Å². The molecule has 0 radical (unpaired) electrons. The molecule has 1 saturated carbocycles. The molecule has 5 nitrogen and oxygen atoms in total. The van der Waals surface area contributed by atoms with Crippen LogP contribution < -0.4 is 5.32 Å². The molecule has 0 saturated heterocycles. The monoisotopic (exact) mass is 276 g/mol. The first kappa shape index (κ1) is 14.5. The maximum Gasteiger partial charge on any atom is 0.310 e. The van der Waals surface area contributed by atoms with E-state index in [2.05, 4.69) is 10.3 Å². The van der Waals surface area contributed by atoms with Crippen LogP contribution in [0.15, 0.2) is 18.5 Å². The van der Waals surface area contributed by atoms with Crippen molar-refractivity contribution in [1.82, 2.24) is 10.3 Å². The fourth-order valence-electron chi connectivity index (χ4n) is 2.78. The smallest absolute Gasteiger partial charge is 0.310 e. The van der Waals surface area contributed by atoms with Crippen LogP contribution in [-0.4, -0.2) is 22.0 Å². The number of carbonyl (C=O) groups is 2. The van der Waals surface area contributed by atoms with E-state index in [4.69, 9.17) is 0 Å². The van der Waals surface area contributed by atoms with Crippen molar-refractivity contribution in [1.29, 1.82) is 0 Å². The van der Waals surface area contributed by atoms with Crippen molar-refractivity contribution >= 4 is 11.9 Å². The lowest BCUT2D eigenvalue weighted by Gasteiger charge is -2.22. The predicted molar refractivity (Wildman–Crippen MR) is 74.0 cm³/mol. The van der Waals surface area contributed by atoms with Crippen molar-refractivity contribution in [2.24, 2.45) is 5.41 Å². The summed E-state index contributed by atoms with van der Waals surface area (Å²) >= 11 is 0. The van der Waals surface area contributed by atoms with Gasteiger partial charge in [0.2, 0.25) is 5.91 Å². The van der Waals surface area contributed by atoms with Crippen LogP contribution in [0.25, 0.3) is 0 Å². The molecule has 0 unspecified atom stereocenters. The summed E-state index contributed by atoms with van der Waals surface area (Å²) in [6.45, 7) is 2.35. The normalized spacial score (nSPS) is 16.9. The SMILES string of the molecule is Cc1cnccc1CNC(=O)CC1(C(=O)O)CCCC1. The van der Waals surface area contributed by atoms with E-state index in [9.17, 15) is 14.7 Å². The lowest BCUT2D eigenvalue weighted by Crippen LogP contribution is -2.35. The average Bonchev–Trinajstić information content (AvgIpc) is 2.88. The number of carboxylic acids is 1. The van der Waals surface area contributed by atoms with Crippen molar-refractivity contribution < 1.29 is 14.7 Å². The number of nitrogens with zero attached hydrogens (tertiary/aromatic N) is 1. The van der Waals surface area contributed by atoms with E-state index in [1.807, 2.05) is 13.0 Å². The van der Waals surface area contributed by atoms with Gasteiger partial charge in [-0.2, -0.15) is 0 Å². The molecule has 1 aromatic heterocycles. The molecule has 0 aromatic carbocycles. The maximum absolute atomic E-state index is 12.0. The second kappa shape index (κ2) is 6.03. The van der Waals surface area contributed by atoms with Crippen LogP contribution in [0.4, 0.5) is 0 Å². The Morgan fingerprint density at radius 2 is 2.10 bits per heavy atom. The Morgan fingerprint density at radius 1 is 1.40 bits per heavy atom. The van der Waals surface area contributed by atoms with Crippen molar-refractivity contribution in [3.05, 3.63) is 29.6 Å². The molecular formula is C15H20N2O3. The van der Waals surface area contributed by atoms with Crippen molar-refractivity contribution in [2.75, 3.05) is 0 Å². The van der Waals surface area contributed by atoms with E-state index in [0.717, 1.165) is 24.0 Å². The van der Waals surface area contributed by atoms with Gasteiger partial charge < -0.3 is 10.4 Å². The van der Waals surface area contributed by atoms with Gasteiger partial charge in [-0.25, -0.2) is 0 Å². The Balaban J connectivity index is 1.92. The zero-order valence-electron chi connectivity index (χ0n) is 11.7. The van der Waals surface area contributed by atoms with Crippen LogP contribution in [0.3, 0.4) is 0 Å². The number of carboxylic acid groups (broad SMARTS) is 1. The number of carbonyl (C=O) groups excluding carboxylic acids is 1. The molecule has 0 atom stereocenters. The van der Waals surface area contributed by atoms with E-state index in [-0.39, 0.29) is 12.3 Å². The summed E-state index contributed by atoms with van der Waals surface area (Å²) in [5.74, 6) is -1.03. The number of aromatic nitrogens is 1. The van der Waals surface area contributed by atoms with Crippen LogP contribution in [0, 0.1) is 12.3 Å². The third kappa shape index (κ3) is 3.15. The Hall–Kier alpha value is -1.91. The number of hydrogen-bond donors (Lipinski definition) is 2. The van der Waals surface area contributed by atoms with Gasteiger partial charge in [0, 0.05) is 25.4 Å². The second-order valence-corrected chi connectivity index (χ2v) is 5.55. The highest BCUT2D eigenvalue weighted by Crippen LogP contribution is 2.41. The summed E-state index contributed by atoms with van der Waals surface area (Å²) in [5.41, 5.74) is 1.17. The van der Waals surface area contributed by atoms with E-state index >= 15 is 0 Å². The summed E-state index contributed by atoms with van der Waals surface area (Å²) in [7, 11) is 0. The van der Waals surface area contributed by atoms with Crippen molar-refractivity contribution in [3.63, 3.8) is 0 Å². The molecule has 0 bridgehead atoms. The molecule has 0 spiro atoms. The third-order valence-corrected chi connectivity index (χ3v) is 4.13. The first-order valence-corrected chi connectivity index (χ1v) is 6.93. The number of hydrogen-bond acceptors (Lipinski definition) is 3. The minimum atomic E-state index is -0.850. The predicted octanol–water partition coefficient (Wildman–Crippen LogP) is 2.04. The minimum absolute atomic E-state index is 0.0759. The van der Waals surface area contributed by atoms with Gasteiger partial charge in [0.1, 0.15) is 0 Å². The van der Waals surface area contributed by atoms with Crippen LogP contribution >= 0.6 is 0 Å². The van der Waals surface area contributed by atoms with Gasteiger partial charge in [0.25, 0.3) is 0 Å². The second-order valence-electron chi connectivity index (χ2n) is 5.55. The molecule has 1 fully saturated rings. The molecule has 1 aliphatic rings. The Kier molecular flexibility index (Phi) is 4.37. The molecule has 20 heavy (non-hydrogen) atoms. The number of pyridine rings is 1. The standard InChI is InChI=1S/C15H20N2O3/c1-11-9-16-7-4-12(11)10-17-13(18)8-15(14(19)20)5-2-3-6-15/h4,7,9H,2-3,5-6,8,10H2,1H3,(H,17,18)(H,19,20). The largest absolute Gasteiger partial charge is 0.481 e. The number of amides is 1. The Bertz CT molecular complexity index is 508. The first-order chi connectivity index (χ1) is 9.53. The molecule has 2 N–H and O–H groups in total. The van der Waals surface area contributed by atoms with Gasteiger partial charge >= 0.3 is 5.97 Å². The molecule has 2 rings (SSSR count). The van der Waals surface area contributed by atoms with E-state index in [0.29, 0.717) is 19.4 Å². The highest BCUT2D eigenvalue weighted by Gasteiger charge is 2.42. The van der Waals surface area contributed by atoms with Crippen molar-refractivity contribution in [2.45, 2.75) is 45.6 Å². The zero-order valence-corrected chi connectivity index (χ0v) is 11.7. The highest BCUT2D eigenvalue weighted by molar-refractivity contribution is 5.85. The number of aliphatic carboxylic acids is 1. The molecular weight excluding hydrogens is 256 g/mol. The van der Waals surface area contributed by atoms with E-state index in [1.165, 1.54) is 0 Å². The highest BCUT2D eigenvalue weighted by atomic mass is 16.4. The van der Waals surface area contributed by atoms with Crippen LogP contribution in [0.2, 0.25) is 0 Å². The van der Waals surface area contributed by atoms with Crippen LogP contribution in [0.5, 0.6) is 0 Å². The third-order valence-electron chi connectivity index (χ3n) is 4.13. The Labute approximate surface area is 118 Å². The summed E-state index contributed by atoms with van der Waals surface area (Å²) in [5, 5.41) is 12.2. The minimum Gasteiger partial charge on any atom is -0.481 e. The van der Waals surface area contributed by atoms with E-state index in [1.54, 1.807) is 12.4 Å². The quantitative estimate of drug-likeness (QED) is 0.862. The first-order valence-electron chi connectivity index (χ1n) is 6.93. The fourth-order valence-corrected chi connectivity index (χ4v) is 2.78. The number of aryl methyl sites for hydroxylation is 1. The zero-order chi connectivity index (χ0) is 14.6. The lowest BCUT2D eigenvalue weighted by atomic mass is 9.82. The molecule has 1 amide bonds. The summed E-state index contributed by atoms with van der Waals surface area (Å²) in [6.07, 6.45) is 6.49. The van der Waals surface area contributed by atoms with Gasteiger partial charge in [-0.15, -0.1) is 0 Å². The fraction of sp³-hybridized carbons (Fsp3) is 0.533. The summed E-state index contributed by atoms with van der Waals surface area (Å²) < 4.78 is 0. The lowest BCUT2D eigenvalue weighted by molar-refractivity contribution is -0.151. The molecule has 1 heterocycles. The molecule has 1 aromatic rings. The van der Waals surface area contributed by atoms with Crippen molar-refractivity contribution in [3.8, 4) is 0 Å². The summed E-state index contributed by atoms with van der Waals surface area (Å²) in [6, 6.07) is 1.86. The van der Waals surface area contributed by atoms with Gasteiger partial charge in [-0.05, 0) is 37.0 Å². The van der Waals surface area contributed by atoms with Gasteiger partial charge in [-0.3, -0.25) is 14.6 Å². The van der Waals surface area contributed by atoms with Gasteiger partial charge in [0.15, 0.2) is 0 Å². The molecule has 108 valence electrons. The summed E-state index contributed by atoms with van der Waals surface area (Å²) in [4.78, 5) is 27.4. The molecule has 0 aliphatic heterocycles. The van der Waals surface area contributed by atoms with Gasteiger partial charge in [0.05, 0.1) is 5.41 Å². The van der Waals surface area contributed by atoms with E-state index < -0.39 is 11.4 Å². The van der Waals surface area contributed by atoms with Crippen LogP contribution in [-0.2, 0) is 16.1 Å². The number of nitrogens with one attached hydrogen (secondary N) is 1. The Morgan fingerprint density at radius 3 is 2.70 bits per heavy atom. The molecule has 5 heteroatoms. The maximum atomic E-state index is 12.0.